The van der Waals surface area contributed by atoms with E-state index in [1.54, 1.807) is 6.07 Å². The van der Waals surface area contributed by atoms with Gasteiger partial charge in [0.1, 0.15) is 24.5 Å². The summed E-state index contributed by atoms with van der Waals surface area (Å²) in [5, 5.41) is 4.32. The third-order valence-corrected chi connectivity index (χ3v) is 6.55. The van der Waals surface area contributed by atoms with Crippen molar-refractivity contribution in [3.05, 3.63) is 64.7 Å². The average molecular weight is 434 g/mol. The van der Waals surface area contributed by atoms with Gasteiger partial charge in [-0.25, -0.2) is 4.39 Å². The van der Waals surface area contributed by atoms with E-state index >= 15 is 0 Å². The number of nitrogens with two attached hydrogens (primary N) is 1. The fourth-order valence-corrected chi connectivity index (χ4v) is 4.80. The van der Waals surface area contributed by atoms with Crippen LogP contribution >= 0.6 is 23.4 Å². The molecule has 3 heterocycles. The molecular weight excluding hydrogens is 411 g/mol. The molecule has 0 atom stereocenters. The minimum Gasteiger partial charge on any atom is -0.391 e. The lowest BCUT2D eigenvalue weighted by Crippen LogP contribution is -2.27. The Morgan fingerprint density at radius 1 is 1.38 bits per heavy atom. The molecule has 0 amide bonds. The van der Waals surface area contributed by atoms with Crippen LogP contribution in [0, 0.1) is 5.82 Å². The molecule has 2 aromatic heterocycles. The van der Waals surface area contributed by atoms with Gasteiger partial charge in [-0.1, -0.05) is 16.8 Å². The Hall–Kier alpha value is -2.25. The topological polar surface area (TPSA) is 56.4 Å². The van der Waals surface area contributed by atoms with Crippen LogP contribution in [0.2, 0.25) is 5.02 Å². The van der Waals surface area contributed by atoms with Crippen molar-refractivity contribution in [2.24, 2.45) is 17.9 Å². The first-order valence-corrected chi connectivity index (χ1v) is 11.0. The number of hydrogen-bond donors (Lipinski definition) is 1. The first-order chi connectivity index (χ1) is 14.0. The summed E-state index contributed by atoms with van der Waals surface area (Å²) in [6, 6.07) is 8.97. The average Bonchev–Trinajstić information content (AvgIpc) is 3.14. The summed E-state index contributed by atoms with van der Waals surface area (Å²) in [5.74, 6) is 1.83. The number of halogens is 2. The van der Waals surface area contributed by atoms with Crippen molar-refractivity contribution >= 4 is 40.2 Å². The normalized spacial score (nSPS) is 15.8. The molecular formula is C21H23ClFN4OS+. The molecule has 1 aromatic carbocycles. The highest BCUT2D eigenvalue weighted by molar-refractivity contribution is 7.99. The van der Waals surface area contributed by atoms with Gasteiger partial charge in [-0.3, -0.25) is 0 Å². The minimum atomic E-state index is -0.415. The van der Waals surface area contributed by atoms with E-state index in [-0.39, 0.29) is 11.9 Å². The number of nitrogens with zero attached hydrogens (tertiary/aromatic N) is 3. The summed E-state index contributed by atoms with van der Waals surface area (Å²) in [6.45, 7) is 0.325. The van der Waals surface area contributed by atoms with Crippen molar-refractivity contribution in [2.45, 2.75) is 25.5 Å². The fraction of sp³-hybridized carbons (Fsp3) is 0.333. The Kier molecular flexibility index (Phi) is 5.96. The number of amidine groups is 1. The summed E-state index contributed by atoms with van der Waals surface area (Å²) in [5.41, 5.74) is 8.92. The van der Waals surface area contributed by atoms with E-state index in [0.29, 0.717) is 22.7 Å². The third kappa shape index (κ3) is 4.36. The molecule has 2 N–H and O–H groups in total. The quantitative estimate of drug-likeness (QED) is 0.288. The zero-order chi connectivity index (χ0) is 20.4. The number of benzene rings is 1. The predicted octanol–water partition coefficient (Wildman–Crippen LogP) is 3.84. The first kappa shape index (κ1) is 20.0. The maximum Gasteiger partial charge on any atom is 0.230 e. The highest BCUT2D eigenvalue weighted by Gasteiger charge is 2.17. The molecule has 0 saturated carbocycles. The van der Waals surface area contributed by atoms with Crippen LogP contribution in [0.1, 0.15) is 24.0 Å². The van der Waals surface area contributed by atoms with Gasteiger partial charge in [0.15, 0.2) is 12.0 Å². The summed E-state index contributed by atoms with van der Waals surface area (Å²) < 4.78 is 18.9. The van der Waals surface area contributed by atoms with Gasteiger partial charge in [0, 0.05) is 34.5 Å². The predicted molar refractivity (Wildman–Crippen MR) is 116 cm³/mol. The smallest absolute Gasteiger partial charge is 0.230 e. The number of oxime groups is 1. The van der Waals surface area contributed by atoms with E-state index in [1.165, 1.54) is 6.07 Å². The van der Waals surface area contributed by atoms with Crippen LogP contribution in [0.4, 0.5) is 4.39 Å². The molecule has 8 heteroatoms. The second kappa shape index (κ2) is 8.63. The van der Waals surface area contributed by atoms with Crippen LogP contribution < -0.4 is 10.3 Å². The Labute approximate surface area is 178 Å². The molecule has 0 unspecified atom stereocenters. The van der Waals surface area contributed by atoms with E-state index in [1.807, 2.05) is 58.5 Å². The highest BCUT2D eigenvalue weighted by Crippen LogP contribution is 2.25. The monoisotopic (exact) mass is 433 g/mol. The maximum atomic E-state index is 14.9. The summed E-state index contributed by atoms with van der Waals surface area (Å²) in [7, 11) is 1.98. The minimum absolute atomic E-state index is 0.0674. The zero-order valence-electron chi connectivity index (χ0n) is 16.1. The fourth-order valence-electron chi connectivity index (χ4n) is 3.47. The van der Waals surface area contributed by atoms with Crippen molar-refractivity contribution in [1.29, 1.82) is 0 Å². The summed E-state index contributed by atoms with van der Waals surface area (Å²) >= 11 is 8.32. The van der Waals surface area contributed by atoms with E-state index in [2.05, 4.69) is 5.16 Å². The molecule has 1 fully saturated rings. The van der Waals surface area contributed by atoms with Crippen molar-refractivity contribution in [1.82, 2.24) is 4.57 Å². The van der Waals surface area contributed by atoms with Gasteiger partial charge in [-0.15, -0.1) is 0 Å². The van der Waals surface area contributed by atoms with Crippen LogP contribution in [0.25, 0.3) is 11.0 Å². The highest BCUT2D eigenvalue weighted by atomic mass is 35.5. The van der Waals surface area contributed by atoms with Gasteiger partial charge in [0.25, 0.3) is 0 Å². The van der Waals surface area contributed by atoms with Gasteiger partial charge in [-0.2, -0.15) is 16.3 Å². The van der Waals surface area contributed by atoms with Gasteiger partial charge < -0.3 is 15.1 Å². The van der Waals surface area contributed by atoms with Crippen LogP contribution in [0.15, 0.2) is 47.9 Å². The summed E-state index contributed by atoms with van der Waals surface area (Å²) in [6.07, 6.45) is 5.86. The SMILES string of the molecule is C[n+]1cccc2c1ccn2Cc1c(F)cc(C(N)=NOC2CCSCC2)cc1Cl. The van der Waals surface area contributed by atoms with Crippen LogP contribution in [0.3, 0.4) is 0 Å². The zero-order valence-corrected chi connectivity index (χ0v) is 17.7. The Morgan fingerprint density at radius 3 is 2.93 bits per heavy atom. The second-order valence-electron chi connectivity index (χ2n) is 7.15. The Balaban J connectivity index is 1.55. The standard InChI is InChI=1S/C21H23ClFN4OS/c1-26-7-2-3-20-19(26)4-8-27(20)13-16-17(22)11-14(12-18(16)23)21(24)25-28-15-5-9-29-10-6-15/h2-4,7-8,11-12,15H,5-6,9-10,13H2,1H3,(H2,24,25)/q+1. The Bertz CT molecular complexity index is 1040. The molecule has 0 spiro atoms. The molecule has 0 bridgehead atoms. The number of rotatable bonds is 5. The van der Waals surface area contributed by atoms with E-state index in [4.69, 9.17) is 22.2 Å². The molecule has 4 rings (SSSR count). The number of thioether (sulfide) groups is 1. The number of fused-ring (bicyclic) bond motifs is 1. The molecule has 0 aliphatic carbocycles. The van der Waals surface area contributed by atoms with Crippen molar-refractivity contribution in [3.63, 3.8) is 0 Å². The van der Waals surface area contributed by atoms with Gasteiger partial charge in [0.2, 0.25) is 5.52 Å². The molecule has 29 heavy (non-hydrogen) atoms. The number of pyridine rings is 1. The largest absolute Gasteiger partial charge is 0.391 e. The van der Waals surface area contributed by atoms with E-state index in [9.17, 15) is 4.39 Å². The van der Waals surface area contributed by atoms with Gasteiger partial charge in [-0.05, 0) is 42.5 Å². The lowest BCUT2D eigenvalue weighted by Gasteiger charge is -2.19. The summed E-state index contributed by atoms with van der Waals surface area (Å²) in [4.78, 5) is 5.53. The van der Waals surface area contributed by atoms with Crippen LogP contribution in [-0.4, -0.2) is 28.0 Å². The van der Waals surface area contributed by atoms with Gasteiger partial charge in [0.05, 0.1) is 6.54 Å². The number of hydrogen-bond acceptors (Lipinski definition) is 3. The molecule has 0 radical (unpaired) electrons. The van der Waals surface area contributed by atoms with Crippen molar-refractivity contribution in [2.75, 3.05) is 11.5 Å². The first-order valence-electron chi connectivity index (χ1n) is 9.52. The third-order valence-electron chi connectivity index (χ3n) is 5.16. The molecule has 1 aliphatic heterocycles. The lowest BCUT2D eigenvalue weighted by molar-refractivity contribution is -0.644. The number of aryl methyl sites for hydroxylation is 1. The molecule has 1 aliphatic rings. The maximum absolute atomic E-state index is 14.9. The van der Waals surface area contributed by atoms with E-state index in [0.717, 1.165) is 35.4 Å². The molecule has 5 nitrogen and oxygen atoms in total. The molecule has 1 saturated heterocycles. The molecule has 3 aromatic rings. The second-order valence-corrected chi connectivity index (χ2v) is 8.78. The number of aromatic nitrogens is 2. The Morgan fingerprint density at radius 2 is 2.17 bits per heavy atom. The van der Waals surface area contributed by atoms with Gasteiger partial charge >= 0.3 is 0 Å². The van der Waals surface area contributed by atoms with E-state index < -0.39 is 5.82 Å². The van der Waals surface area contributed by atoms with Crippen LogP contribution in [-0.2, 0) is 18.4 Å². The molecule has 152 valence electrons. The lowest BCUT2D eigenvalue weighted by atomic mass is 10.1. The van der Waals surface area contributed by atoms with Crippen molar-refractivity contribution < 1.29 is 13.8 Å². The van der Waals surface area contributed by atoms with Crippen LogP contribution in [0.5, 0.6) is 0 Å². The van der Waals surface area contributed by atoms with Crippen molar-refractivity contribution in [3.8, 4) is 0 Å².